The maximum Gasteiger partial charge on any atom is 0.328 e. The summed E-state index contributed by atoms with van der Waals surface area (Å²) in [6.45, 7) is 2.71. The van der Waals surface area contributed by atoms with Crippen molar-refractivity contribution in [3.8, 4) is 17.1 Å². The molecular formula is C25H34N4O4S. The minimum absolute atomic E-state index is 0.0491. The summed E-state index contributed by atoms with van der Waals surface area (Å²) in [6, 6.07) is 7.70. The Morgan fingerprint density at radius 3 is 2.47 bits per heavy atom. The summed E-state index contributed by atoms with van der Waals surface area (Å²) in [7, 11) is 1.65. The number of amides is 1. The molecule has 2 fully saturated rings. The number of hydrogen-bond acceptors (Lipinski definition) is 7. The first-order valence-electron chi connectivity index (χ1n) is 12.3. The first-order valence-corrected chi connectivity index (χ1v) is 13.3. The molecule has 1 saturated carbocycles. The Balaban J connectivity index is 1.53. The molecule has 184 valence electrons. The van der Waals surface area contributed by atoms with Gasteiger partial charge in [-0.3, -0.25) is 9.36 Å². The number of carbonyl (C=O) groups excluding carboxylic acids is 2. The number of carbonyl (C=O) groups is 2. The minimum Gasteiger partial charge on any atom is -0.497 e. The van der Waals surface area contributed by atoms with Crippen LogP contribution in [0.15, 0.2) is 29.4 Å². The van der Waals surface area contributed by atoms with Gasteiger partial charge in [0.2, 0.25) is 5.91 Å². The second kappa shape index (κ2) is 11.7. The van der Waals surface area contributed by atoms with Crippen molar-refractivity contribution in [3.63, 3.8) is 0 Å². The van der Waals surface area contributed by atoms with Crippen molar-refractivity contribution in [2.75, 3.05) is 26.0 Å². The Hall–Kier alpha value is -2.55. The molecule has 1 aliphatic heterocycles. The third-order valence-corrected chi connectivity index (χ3v) is 7.59. The molecule has 2 heterocycles. The summed E-state index contributed by atoms with van der Waals surface area (Å²) in [5.74, 6) is 1.50. The highest BCUT2D eigenvalue weighted by Gasteiger charge is 2.33. The topological polar surface area (TPSA) is 86.6 Å². The molecule has 8 nitrogen and oxygen atoms in total. The third kappa shape index (κ3) is 5.56. The molecule has 9 heteroatoms. The average Bonchev–Trinajstić information content (AvgIpc) is 3.32. The zero-order valence-corrected chi connectivity index (χ0v) is 20.9. The second-order valence-corrected chi connectivity index (χ2v) is 9.78. The van der Waals surface area contributed by atoms with Gasteiger partial charge in [-0.05, 0) is 63.3 Å². The fourth-order valence-corrected chi connectivity index (χ4v) is 5.80. The highest BCUT2D eigenvalue weighted by Crippen LogP contribution is 2.36. The smallest absolute Gasteiger partial charge is 0.328 e. The Morgan fingerprint density at radius 2 is 1.76 bits per heavy atom. The quantitative estimate of drug-likeness (QED) is 0.401. The number of likely N-dealkylation sites (tertiary alicyclic amines) is 1. The van der Waals surface area contributed by atoms with Gasteiger partial charge in [0.15, 0.2) is 11.0 Å². The summed E-state index contributed by atoms with van der Waals surface area (Å²) in [5, 5.41) is 9.78. The van der Waals surface area contributed by atoms with Gasteiger partial charge in [0.25, 0.3) is 0 Å². The van der Waals surface area contributed by atoms with E-state index >= 15 is 0 Å². The minimum atomic E-state index is -0.479. The van der Waals surface area contributed by atoms with Crippen LogP contribution in [0.3, 0.4) is 0 Å². The first-order chi connectivity index (χ1) is 16.6. The first kappa shape index (κ1) is 24.6. The predicted octanol–water partition coefficient (Wildman–Crippen LogP) is 4.50. The molecule has 1 aromatic carbocycles. The molecule has 34 heavy (non-hydrogen) atoms. The molecule has 0 spiro atoms. The lowest BCUT2D eigenvalue weighted by atomic mass is 9.95. The van der Waals surface area contributed by atoms with Crippen LogP contribution in [0.5, 0.6) is 5.75 Å². The van der Waals surface area contributed by atoms with Crippen LogP contribution in [0.2, 0.25) is 0 Å². The Bertz CT molecular complexity index is 972. The monoisotopic (exact) mass is 486 g/mol. The van der Waals surface area contributed by atoms with Crippen LogP contribution in [-0.4, -0.2) is 63.6 Å². The van der Waals surface area contributed by atoms with Gasteiger partial charge in [-0.15, -0.1) is 10.2 Å². The van der Waals surface area contributed by atoms with E-state index in [9.17, 15) is 9.59 Å². The number of methoxy groups -OCH3 is 1. The van der Waals surface area contributed by atoms with Crippen LogP contribution in [-0.2, 0) is 14.3 Å². The third-order valence-electron chi connectivity index (χ3n) is 6.66. The molecule has 0 radical (unpaired) electrons. The van der Waals surface area contributed by atoms with Crippen molar-refractivity contribution >= 4 is 23.6 Å². The van der Waals surface area contributed by atoms with Gasteiger partial charge in [0.05, 0.1) is 19.5 Å². The summed E-state index contributed by atoms with van der Waals surface area (Å²) in [4.78, 5) is 27.2. The van der Waals surface area contributed by atoms with E-state index in [2.05, 4.69) is 14.8 Å². The largest absolute Gasteiger partial charge is 0.497 e. The summed E-state index contributed by atoms with van der Waals surface area (Å²) >= 11 is 1.41. The van der Waals surface area contributed by atoms with Gasteiger partial charge < -0.3 is 14.4 Å². The van der Waals surface area contributed by atoms with Gasteiger partial charge in [-0.25, -0.2) is 4.79 Å². The van der Waals surface area contributed by atoms with E-state index in [-0.39, 0.29) is 17.6 Å². The molecule has 1 aliphatic carbocycles. The van der Waals surface area contributed by atoms with Crippen LogP contribution in [0, 0.1) is 0 Å². The van der Waals surface area contributed by atoms with Gasteiger partial charge in [0, 0.05) is 18.2 Å². The summed E-state index contributed by atoms with van der Waals surface area (Å²) < 4.78 is 12.7. The fourth-order valence-electron chi connectivity index (χ4n) is 4.90. The molecule has 1 atom stereocenters. The van der Waals surface area contributed by atoms with Crippen LogP contribution >= 0.6 is 11.8 Å². The van der Waals surface area contributed by atoms with Crippen LogP contribution in [0.4, 0.5) is 0 Å². The highest BCUT2D eigenvalue weighted by atomic mass is 32.2. The number of piperidine rings is 1. The Labute approximate surface area is 205 Å². The summed E-state index contributed by atoms with van der Waals surface area (Å²) in [5.41, 5.74) is 0.982. The van der Waals surface area contributed by atoms with Crippen LogP contribution < -0.4 is 4.74 Å². The van der Waals surface area contributed by atoms with E-state index in [1.165, 1.54) is 31.0 Å². The van der Waals surface area contributed by atoms with Crippen molar-refractivity contribution in [1.29, 1.82) is 0 Å². The molecule has 1 saturated heterocycles. The molecule has 0 N–H and O–H groups in total. The van der Waals surface area contributed by atoms with Gasteiger partial charge in [-0.1, -0.05) is 31.0 Å². The van der Waals surface area contributed by atoms with E-state index in [4.69, 9.17) is 9.47 Å². The van der Waals surface area contributed by atoms with E-state index in [1.807, 2.05) is 24.3 Å². The maximum atomic E-state index is 13.2. The highest BCUT2D eigenvalue weighted by molar-refractivity contribution is 7.99. The zero-order valence-electron chi connectivity index (χ0n) is 20.1. The van der Waals surface area contributed by atoms with Crippen LogP contribution in [0.1, 0.15) is 64.3 Å². The van der Waals surface area contributed by atoms with Crippen molar-refractivity contribution in [3.05, 3.63) is 24.3 Å². The van der Waals surface area contributed by atoms with Crippen molar-refractivity contribution in [1.82, 2.24) is 19.7 Å². The van der Waals surface area contributed by atoms with Gasteiger partial charge in [-0.2, -0.15) is 0 Å². The van der Waals surface area contributed by atoms with E-state index in [0.717, 1.165) is 48.0 Å². The van der Waals surface area contributed by atoms with Gasteiger partial charge in [0.1, 0.15) is 11.8 Å². The fraction of sp³-hybridized carbons (Fsp3) is 0.600. The number of hydrogen-bond donors (Lipinski definition) is 0. The van der Waals surface area contributed by atoms with Gasteiger partial charge >= 0.3 is 5.97 Å². The number of aromatic nitrogens is 3. The number of thioether (sulfide) groups is 1. The lowest BCUT2D eigenvalue weighted by molar-refractivity contribution is -0.155. The lowest BCUT2D eigenvalue weighted by Gasteiger charge is -2.34. The van der Waals surface area contributed by atoms with Crippen molar-refractivity contribution in [2.24, 2.45) is 0 Å². The molecule has 0 bridgehead atoms. The Morgan fingerprint density at radius 1 is 1.03 bits per heavy atom. The molecule has 1 aromatic heterocycles. The molecule has 1 unspecified atom stereocenters. The number of ether oxygens (including phenoxy) is 2. The summed E-state index contributed by atoms with van der Waals surface area (Å²) in [6.07, 6.45) is 8.29. The number of esters is 1. The lowest BCUT2D eigenvalue weighted by Crippen LogP contribution is -2.49. The van der Waals surface area contributed by atoms with Crippen LogP contribution in [0.25, 0.3) is 11.4 Å². The zero-order chi connectivity index (χ0) is 23.9. The van der Waals surface area contributed by atoms with E-state index < -0.39 is 6.04 Å². The maximum absolute atomic E-state index is 13.2. The molecule has 2 aromatic rings. The standard InChI is InChI=1S/C25H34N4O4S/c1-3-33-24(31)21-11-7-8-16-28(21)22(30)17-34-25-27-26-23(18-12-14-20(32-2)15-13-18)29(25)19-9-5-4-6-10-19/h12-15,19,21H,3-11,16-17H2,1-2H3. The van der Waals surface area contributed by atoms with E-state index in [0.29, 0.717) is 25.6 Å². The Kier molecular flexibility index (Phi) is 8.48. The number of benzene rings is 1. The molecule has 1 amide bonds. The van der Waals surface area contributed by atoms with E-state index in [1.54, 1.807) is 18.9 Å². The van der Waals surface area contributed by atoms with Crippen molar-refractivity contribution in [2.45, 2.75) is 75.5 Å². The number of nitrogens with zero attached hydrogens (tertiary/aromatic N) is 4. The molecule has 4 rings (SSSR count). The predicted molar refractivity (Wildman–Crippen MR) is 131 cm³/mol. The molecule has 2 aliphatic rings. The second-order valence-electron chi connectivity index (χ2n) is 8.84. The molecular weight excluding hydrogens is 452 g/mol. The van der Waals surface area contributed by atoms with Crippen molar-refractivity contribution < 1.29 is 19.1 Å². The SMILES string of the molecule is CCOC(=O)C1CCCCN1C(=O)CSc1nnc(-c2ccc(OC)cc2)n1C1CCCCC1. The normalized spacial score (nSPS) is 19.1. The average molecular weight is 487 g/mol. The number of rotatable bonds is 8.